The number of hydrogen-bond acceptors (Lipinski definition) is 9. The molecule has 3 N–H and O–H groups in total. The second-order valence-corrected chi connectivity index (χ2v) is 16.1. The van der Waals surface area contributed by atoms with Crippen LogP contribution in [0.2, 0.25) is 0 Å². The average Bonchev–Trinajstić information content (AvgIpc) is 3.57. The molecule has 12 nitrogen and oxygen atoms in total. The number of methoxy groups -OCH3 is 2. The van der Waals surface area contributed by atoms with Crippen molar-refractivity contribution in [3.63, 3.8) is 0 Å². The Morgan fingerprint density at radius 1 is 0.865 bits per heavy atom. The predicted octanol–water partition coefficient (Wildman–Crippen LogP) is 4.32. The van der Waals surface area contributed by atoms with Crippen LogP contribution >= 0.6 is 0 Å². The second-order valence-electron chi connectivity index (χ2n) is 16.1. The molecule has 0 saturated carbocycles. The van der Waals surface area contributed by atoms with Gasteiger partial charge in [0.15, 0.2) is 11.6 Å². The van der Waals surface area contributed by atoms with Gasteiger partial charge < -0.3 is 30.3 Å². The molecule has 1 aliphatic rings. The standard InChI is InChI=1S/C40H75N5O7/c1-14-27(6)37(44(11)40(50)30(25(2)3)23-33(47)36(26(4)5)43(9)10)34(51-12)24-35(48)45-22-18-19-31(45)38(52-13)28(7)39(49)42-29(8)32(46)20-16-15-17-21-41/h25-31,34,36-38H,14-24,41H2,1-13H3,(H,42,49)/t27-,28+,29-,30-,31-,34+,36-,37-,38+/m0/s1. The van der Waals surface area contributed by atoms with Crippen molar-refractivity contribution < 1.29 is 33.4 Å². The molecule has 1 heterocycles. The van der Waals surface area contributed by atoms with E-state index in [1.54, 1.807) is 44.9 Å². The summed E-state index contributed by atoms with van der Waals surface area (Å²) in [4.78, 5) is 73.4. The van der Waals surface area contributed by atoms with Crippen molar-refractivity contribution in [2.45, 2.75) is 150 Å². The number of ether oxygens (including phenoxy) is 2. The van der Waals surface area contributed by atoms with E-state index in [1.807, 2.05) is 46.7 Å². The summed E-state index contributed by atoms with van der Waals surface area (Å²) >= 11 is 0. The fourth-order valence-electron chi connectivity index (χ4n) is 8.03. The van der Waals surface area contributed by atoms with Crippen LogP contribution in [0.3, 0.4) is 0 Å². The van der Waals surface area contributed by atoms with Crippen LogP contribution < -0.4 is 11.1 Å². The normalized spacial score (nSPS) is 19.6. The Bertz CT molecular complexity index is 1120. The van der Waals surface area contributed by atoms with E-state index < -0.39 is 36.1 Å². The molecule has 9 atom stereocenters. The van der Waals surface area contributed by atoms with Gasteiger partial charge in [-0.05, 0) is 71.0 Å². The molecular weight excluding hydrogens is 662 g/mol. The lowest BCUT2D eigenvalue weighted by Crippen LogP contribution is -2.54. The number of nitrogens with two attached hydrogens (primary N) is 1. The fraction of sp³-hybridized carbons (Fsp3) is 0.875. The minimum Gasteiger partial charge on any atom is -0.379 e. The molecule has 1 fully saturated rings. The molecule has 1 saturated heterocycles. The van der Waals surface area contributed by atoms with Crippen LogP contribution in [0.4, 0.5) is 0 Å². The first-order valence-corrected chi connectivity index (χ1v) is 19.7. The molecule has 0 aromatic heterocycles. The Kier molecular flexibility index (Phi) is 21.4. The summed E-state index contributed by atoms with van der Waals surface area (Å²) in [5, 5.41) is 2.87. The minimum absolute atomic E-state index is 0.00980. The van der Waals surface area contributed by atoms with E-state index in [0.717, 1.165) is 32.1 Å². The summed E-state index contributed by atoms with van der Waals surface area (Å²) < 4.78 is 11.9. The van der Waals surface area contributed by atoms with Crippen molar-refractivity contribution in [1.82, 2.24) is 20.0 Å². The SMILES string of the molecule is CC[C@H](C)[C@@H]([C@@H](CC(=O)N1CCC[C@H]1[C@H](OC)[C@@H](C)C(=O)N[C@@H](C)C(=O)CCCCCN)OC)N(C)C(=O)[C@@H](CC(=O)[C@H](C(C)C)N(C)C)C(C)C. The van der Waals surface area contributed by atoms with E-state index in [2.05, 4.69) is 19.2 Å². The van der Waals surface area contributed by atoms with E-state index in [-0.39, 0.29) is 72.0 Å². The quantitative estimate of drug-likeness (QED) is 0.131. The van der Waals surface area contributed by atoms with Crippen molar-refractivity contribution >= 4 is 29.3 Å². The Morgan fingerprint density at radius 3 is 2.00 bits per heavy atom. The number of unbranched alkanes of at least 4 members (excludes halogenated alkanes) is 2. The van der Waals surface area contributed by atoms with Gasteiger partial charge in [-0.1, -0.05) is 61.3 Å². The largest absolute Gasteiger partial charge is 0.379 e. The van der Waals surface area contributed by atoms with E-state index in [4.69, 9.17) is 15.2 Å². The number of carbonyl (C=O) groups is 5. The zero-order valence-corrected chi connectivity index (χ0v) is 34.9. The molecule has 1 rings (SSSR count). The lowest BCUT2D eigenvalue weighted by atomic mass is 9.83. The van der Waals surface area contributed by atoms with Gasteiger partial charge in [0.25, 0.3) is 0 Å². The molecule has 0 aromatic carbocycles. The third-order valence-electron chi connectivity index (χ3n) is 11.3. The summed E-state index contributed by atoms with van der Waals surface area (Å²) in [6, 6.07) is -1.64. The van der Waals surface area contributed by atoms with Crippen molar-refractivity contribution in [2.75, 3.05) is 48.5 Å². The molecule has 0 radical (unpaired) electrons. The van der Waals surface area contributed by atoms with E-state index in [0.29, 0.717) is 25.9 Å². The van der Waals surface area contributed by atoms with Crippen LogP contribution in [0, 0.1) is 29.6 Å². The summed E-state index contributed by atoms with van der Waals surface area (Å²) in [7, 11) is 8.69. The van der Waals surface area contributed by atoms with Gasteiger partial charge in [-0.15, -0.1) is 0 Å². The molecule has 0 unspecified atom stereocenters. The molecule has 0 aliphatic carbocycles. The summed E-state index contributed by atoms with van der Waals surface area (Å²) in [5.74, 6) is -1.56. The highest BCUT2D eigenvalue weighted by molar-refractivity contribution is 5.90. The Morgan fingerprint density at radius 2 is 1.50 bits per heavy atom. The monoisotopic (exact) mass is 738 g/mol. The van der Waals surface area contributed by atoms with Crippen LogP contribution in [-0.4, -0.2) is 129 Å². The van der Waals surface area contributed by atoms with Gasteiger partial charge in [0.2, 0.25) is 17.7 Å². The lowest BCUT2D eigenvalue weighted by Gasteiger charge is -2.41. The molecular formula is C40H75N5O7. The number of hydrogen-bond donors (Lipinski definition) is 2. The Labute approximate surface area is 315 Å². The van der Waals surface area contributed by atoms with Crippen LogP contribution in [-0.2, 0) is 33.4 Å². The molecule has 52 heavy (non-hydrogen) atoms. The topological polar surface area (TPSA) is 152 Å². The third-order valence-corrected chi connectivity index (χ3v) is 11.3. The van der Waals surface area contributed by atoms with Crippen molar-refractivity contribution in [3.8, 4) is 0 Å². The minimum atomic E-state index is -0.621. The first kappa shape index (κ1) is 47.6. The molecule has 0 spiro atoms. The summed E-state index contributed by atoms with van der Waals surface area (Å²) in [6.45, 7) is 16.7. The van der Waals surface area contributed by atoms with Crippen molar-refractivity contribution in [1.29, 1.82) is 0 Å². The first-order valence-electron chi connectivity index (χ1n) is 19.7. The predicted molar refractivity (Wildman–Crippen MR) is 207 cm³/mol. The highest BCUT2D eigenvalue weighted by atomic mass is 16.5. The smallest absolute Gasteiger partial charge is 0.226 e. The third kappa shape index (κ3) is 13.5. The number of likely N-dealkylation sites (tertiary alicyclic amines) is 1. The van der Waals surface area contributed by atoms with E-state index in [9.17, 15) is 24.0 Å². The first-order chi connectivity index (χ1) is 24.4. The van der Waals surface area contributed by atoms with Gasteiger partial charge in [0.05, 0.1) is 48.7 Å². The summed E-state index contributed by atoms with van der Waals surface area (Å²) in [6.07, 6.45) is 4.10. The second kappa shape index (κ2) is 23.4. The number of ketones is 2. The van der Waals surface area contributed by atoms with E-state index >= 15 is 0 Å². The van der Waals surface area contributed by atoms with Gasteiger partial charge in [0.1, 0.15) is 0 Å². The molecule has 0 bridgehead atoms. The zero-order valence-electron chi connectivity index (χ0n) is 34.9. The number of amides is 3. The van der Waals surface area contributed by atoms with Gasteiger partial charge >= 0.3 is 0 Å². The van der Waals surface area contributed by atoms with Gasteiger partial charge in [-0.3, -0.25) is 28.9 Å². The van der Waals surface area contributed by atoms with Gasteiger partial charge in [-0.2, -0.15) is 0 Å². The van der Waals surface area contributed by atoms with Crippen LogP contribution in [0.15, 0.2) is 0 Å². The number of nitrogens with one attached hydrogen (secondary N) is 1. The van der Waals surface area contributed by atoms with Crippen molar-refractivity contribution in [2.24, 2.45) is 35.3 Å². The maximum absolute atomic E-state index is 14.3. The van der Waals surface area contributed by atoms with Crippen LogP contribution in [0.25, 0.3) is 0 Å². The zero-order chi connectivity index (χ0) is 39.9. The Hall–Kier alpha value is -2.41. The van der Waals surface area contributed by atoms with E-state index in [1.165, 1.54) is 0 Å². The van der Waals surface area contributed by atoms with Crippen LogP contribution in [0.5, 0.6) is 0 Å². The maximum atomic E-state index is 14.3. The summed E-state index contributed by atoms with van der Waals surface area (Å²) in [5.41, 5.74) is 5.55. The maximum Gasteiger partial charge on any atom is 0.226 e. The number of likely N-dealkylation sites (N-methyl/N-ethyl adjacent to an activating group) is 2. The van der Waals surface area contributed by atoms with Crippen molar-refractivity contribution in [3.05, 3.63) is 0 Å². The highest BCUT2D eigenvalue weighted by Crippen LogP contribution is 2.31. The average molecular weight is 738 g/mol. The highest BCUT2D eigenvalue weighted by Gasteiger charge is 2.43. The molecule has 3 amide bonds. The molecule has 0 aromatic rings. The van der Waals surface area contributed by atoms with Crippen LogP contribution in [0.1, 0.15) is 113 Å². The number of rotatable bonds is 25. The lowest BCUT2D eigenvalue weighted by molar-refractivity contribution is -0.149. The Balaban J connectivity index is 3.18. The molecule has 302 valence electrons. The number of carbonyl (C=O) groups excluding carboxylic acids is 5. The fourth-order valence-corrected chi connectivity index (χ4v) is 8.03. The number of nitrogens with zero attached hydrogens (tertiary/aromatic N) is 3. The van der Waals surface area contributed by atoms with Gasteiger partial charge in [-0.25, -0.2) is 0 Å². The number of Topliss-reactive ketones (excluding diaryl/α,β-unsaturated/α-hetero) is 2. The molecule has 12 heteroatoms. The molecule has 1 aliphatic heterocycles. The van der Waals surface area contributed by atoms with Gasteiger partial charge in [0, 0.05) is 46.6 Å².